The zero-order valence-corrected chi connectivity index (χ0v) is 21.1. The van der Waals surface area contributed by atoms with Crippen LogP contribution >= 0.6 is 11.8 Å². The average molecular weight is 526 g/mol. The van der Waals surface area contributed by atoms with Crippen molar-refractivity contribution in [2.75, 3.05) is 6.61 Å². The summed E-state index contributed by atoms with van der Waals surface area (Å²) in [5, 5.41) is 0.362. The fourth-order valence-electron chi connectivity index (χ4n) is 3.66. The number of rotatable bonds is 9. The van der Waals surface area contributed by atoms with Gasteiger partial charge in [-0.2, -0.15) is 0 Å². The Bertz CT molecular complexity index is 1400. The lowest BCUT2D eigenvalue weighted by Crippen LogP contribution is -2.22. The van der Waals surface area contributed by atoms with Gasteiger partial charge in [-0.05, 0) is 41.5 Å². The highest BCUT2D eigenvalue weighted by Crippen LogP contribution is 2.32. The Morgan fingerprint density at radius 1 is 1.14 bits per heavy atom. The summed E-state index contributed by atoms with van der Waals surface area (Å²) < 4.78 is 44.0. The smallest absolute Gasteiger partial charge is 0.378 e. The first-order chi connectivity index (χ1) is 17.9. The number of aliphatic imine (C=N–C) groups is 1. The van der Waals surface area contributed by atoms with Gasteiger partial charge in [0.2, 0.25) is 11.2 Å². The van der Waals surface area contributed by atoms with Crippen molar-refractivity contribution in [3.63, 3.8) is 0 Å². The Hall–Kier alpha value is -3.72. The molecule has 4 rings (SSSR count). The summed E-state index contributed by atoms with van der Waals surface area (Å²) in [6.07, 6.45) is 3.92. The first kappa shape index (κ1) is 26.3. The monoisotopic (exact) mass is 525 g/mol. The maximum absolute atomic E-state index is 14.3. The van der Waals surface area contributed by atoms with E-state index in [-0.39, 0.29) is 42.7 Å². The van der Waals surface area contributed by atoms with Gasteiger partial charge in [-0.15, -0.1) is 0 Å². The van der Waals surface area contributed by atoms with E-state index in [9.17, 15) is 18.4 Å². The number of ether oxygens (including phenoxy) is 2. The maximum Gasteiger partial charge on any atom is 0.378 e. The van der Waals surface area contributed by atoms with Crippen LogP contribution in [0.4, 0.5) is 8.78 Å². The van der Waals surface area contributed by atoms with E-state index in [4.69, 9.17) is 13.9 Å². The minimum atomic E-state index is -0.814. The van der Waals surface area contributed by atoms with Gasteiger partial charge >= 0.3 is 5.97 Å². The summed E-state index contributed by atoms with van der Waals surface area (Å²) in [5.41, 5.74) is 0.669. The van der Waals surface area contributed by atoms with E-state index in [0.29, 0.717) is 17.0 Å². The number of carbonyl (C=O) groups excluding carboxylic acids is 1. The number of hydrogen-bond donors (Lipinski definition) is 0. The van der Waals surface area contributed by atoms with Crippen molar-refractivity contribution in [1.29, 1.82) is 0 Å². The van der Waals surface area contributed by atoms with Gasteiger partial charge in [0.05, 0.1) is 18.2 Å². The molecule has 37 heavy (non-hydrogen) atoms. The molecule has 1 aromatic heterocycles. The number of carbonyl (C=O) groups is 1. The Morgan fingerprint density at radius 2 is 1.92 bits per heavy atom. The van der Waals surface area contributed by atoms with Crippen LogP contribution < -0.4 is 10.2 Å². The normalized spacial score (nSPS) is 15.1. The zero-order chi connectivity index (χ0) is 26.4. The standard InChI is InChI=1S/C28H25F2NO5S/c1-3-20-14-21(12-18-10-11-19(29)13-23(18)30)37-27(31-20)22-16-36-26(28(33)34-4-2)25(24(22)32)35-15-17-8-6-5-7-9-17/h5-11,13-14,16,20H,3-4,12,15H2,1-2H3. The van der Waals surface area contributed by atoms with Crippen LogP contribution in [0.2, 0.25) is 0 Å². The molecule has 0 N–H and O–H groups in total. The highest BCUT2D eigenvalue weighted by Gasteiger charge is 2.27. The molecule has 192 valence electrons. The van der Waals surface area contributed by atoms with Gasteiger partial charge in [0, 0.05) is 12.5 Å². The van der Waals surface area contributed by atoms with Gasteiger partial charge in [0.1, 0.15) is 29.5 Å². The number of halogens is 2. The van der Waals surface area contributed by atoms with Gasteiger partial charge in [0.15, 0.2) is 0 Å². The zero-order valence-electron chi connectivity index (χ0n) is 20.3. The van der Waals surface area contributed by atoms with E-state index in [0.717, 1.165) is 16.5 Å². The largest absolute Gasteiger partial charge is 0.481 e. The predicted octanol–water partition coefficient (Wildman–Crippen LogP) is 6.07. The molecule has 0 bridgehead atoms. The predicted molar refractivity (Wildman–Crippen MR) is 138 cm³/mol. The number of allylic oxidation sites excluding steroid dienone is 1. The second-order valence-corrected chi connectivity index (χ2v) is 9.30. The fourth-order valence-corrected chi connectivity index (χ4v) is 4.80. The average Bonchev–Trinajstić information content (AvgIpc) is 2.90. The van der Waals surface area contributed by atoms with Gasteiger partial charge in [-0.1, -0.05) is 55.1 Å². The lowest BCUT2D eigenvalue weighted by atomic mass is 10.1. The molecule has 2 heterocycles. The minimum Gasteiger partial charge on any atom is -0.481 e. The molecule has 6 nitrogen and oxygen atoms in total. The fraction of sp³-hybridized carbons (Fsp3) is 0.250. The molecule has 1 unspecified atom stereocenters. The molecular weight excluding hydrogens is 500 g/mol. The van der Waals surface area contributed by atoms with Crippen molar-refractivity contribution >= 4 is 22.8 Å². The number of benzene rings is 2. The molecule has 2 aromatic carbocycles. The van der Waals surface area contributed by atoms with Crippen LogP contribution in [0, 0.1) is 11.6 Å². The van der Waals surface area contributed by atoms with Crippen LogP contribution in [0.5, 0.6) is 5.75 Å². The van der Waals surface area contributed by atoms with E-state index in [1.54, 1.807) is 6.92 Å². The number of hydrogen-bond acceptors (Lipinski definition) is 7. The Morgan fingerprint density at radius 3 is 2.62 bits per heavy atom. The summed E-state index contributed by atoms with van der Waals surface area (Å²) >= 11 is 1.19. The maximum atomic E-state index is 14.3. The molecule has 1 aliphatic heterocycles. The molecule has 0 aliphatic carbocycles. The molecule has 9 heteroatoms. The molecule has 0 fully saturated rings. The molecule has 1 atom stereocenters. The molecule has 0 amide bonds. The van der Waals surface area contributed by atoms with Gasteiger partial charge in [0.25, 0.3) is 5.76 Å². The first-order valence-electron chi connectivity index (χ1n) is 11.8. The van der Waals surface area contributed by atoms with Gasteiger partial charge < -0.3 is 13.9 Å². The Labute approximate surface area is 217 Å². The van der Waals surface area contributed by atoms with Crippen molar-refractivity contribution in [1.82, 2.24) is 0 Å². The van der Waals surface area contributed by atoms with Crippen molar-refractivity contribution in [2.24, 2.45) is 4.99 Å². The molecule has 0 saturated carbocycles. The van der Waals surface area contributed by atoms with Crippen LogP contribution in [-0.4, -0.2) is 23.7 Å². The van der Waals surface area contributed by atoms with E-state index >= 15 is 0 Å². The van der Waals surface area contributed by atoms with E-state index in [2.05, 4.69) is 4.99 Å². The second-order valence-electron chi connectivity index (χ2n) is 8.19. The number of esters is 1. The minimum absolute atomic E-state index is 0.0354. The lowest BCUT2D eigenvalue weighted by molar-refractivity contribution is 0.0478. The Kier molecular flexibility index (Phi) is 8.55. The van der Waals surface area contributed by atoms with Crippen LogP contribution in [0.25, 0.3) is 0 Å². The SMILES string of the molecule is CCOC(=O)c1occ(C2=NC(CC)C=C(Cc3ccc(F)cc3F)S2)c(=O)c1OCc1ccccc1. The highest BCUT2D eigenvalue weighted by molar-refractivity contribution is 8.17. The molecule has 0 saturated heterocycles. The van der Waals surface area contributed by atoms with Gasteiger partial charge in [-0.3, -0.25) is 9.79 Å². The van der Waals surface area contributed by atoms with Crippen LogP contribution in [0.1, 0.15) is 47.5 Å². The molecule has 0 radical (unpaired) electrons. The summed E-state index contributed by atoms with van der Waals surface area (Å²) in [6, 6.07) is 12.4. The van der Waals surface area contributed by atoms with Crippen molar-refractivity contribution in [2.45, 2.75) is 39.3 Å². The van der Waals surface area contributed by atoms with Crippen molar-refractivity contribution < 1.29 is 27.5 Å². The summed E-state index contributed by atoms with van der Waals surface area (Å²) in [5.74, 6) is -2.71. The third kappa shape index (κ3) is 6.35. The molecule has 3 aromatic rings. The molecule has 1 aliphatic rings. The summed E-state index contributed by atoms with van der Waals surface area (Å²) in [4.78, 5) is 31.4. The third-order valence-corrected chi connectivity index (χ3v) is 6.62. The number of thioether (sulfide) groups is 1. The number of nitrogens with zero attached hydrogens (tertiary/aromatic N) is 1. The topological polar surface area (TPSA) is 78.1 Å². The quantitative estimate of drug-likeness (QED) is 0.316. The van der Waals surface area contributed by atoms with Crippen molar-refractivity contribution in [3.8, 4) is 5.75 Å². The second kappa shape index (κ2) is 12.0. The van der Waals surface area contributed by atoms with Crippen LogP contribution in [0.15, 0.2) is 80.0 Å². The van der Waals surface area contributed by atoms with E-state index < -0.39 is 23.0 Å². The summed E-state index contributed by atoms with van der Waals surface area (Å²) in [7, 11) is 0. The third-order valence-electron chi connectivity index (χ3n) is 5.56. The van der Waals surface area contributed by atoms with Crippen LogP contribution in [0.3, 0.4) is 0 Å². The molecular formula is C28H25F2NO5S. The molecule has 0 spiro atoms. The summed E-state index contributed by atoms with van der Waals surface area (Å²) in [6.45, 7) is 3.71. The first-order valence-corrected chi connectivity index (χ1v) is 12.6. The lowest BCUT2D eigenvalue weighted by Gasteiger charge is -2.20. The Balaban J connectivity index is 1.67. The van der Waals surface area contributed by atoms with Gasteiger partial charge in [-0.25, -0.2) is 13.6 Å². The highest BCUT2D eigenvalue weighted by atomic mass is 32.2. The van der Waals surface area contributed by atoms with E-state index in [1.807, 2.05) is 43.3 Å². The van der Waals surface area contributed by atoms with Crippen molar-refractivity contribution in [3.05, 3.63) is 110 Å². The van der Waals surface area contributed by atoms with Crippen LogP contribution in [-0.2, 0) is 17.8 Å². The van der Waals surface area contributed by atoms with E-state index in [1.165, 1.54) is 30.2 Å².